The van der Waals surface area contributed by atoms with Crippen molar-refractivity contribution in [2.45, 2.75) is 46.7 Å². The molecule has 0 aromatic carbocycles. The molecule has 2 N–H and O–H groups in total. The van der Waals surface area contributed by atoms with Crippen molar-refractivity contribution in [1.29, 1.82) is 0 Å². The number of nitrogens with zero attached hydrogens (tertiary/aromatic N) is 2. The summed E-state index contributed by atoms with van der Waals surface area (Å²) in [5.74, 6) is 0.975. The predicted octanol–water partition coefficient (Wildman–Crippen LogP) is 2.53. The molecule has 1 unspecified atom stereocenters. The highest BCUT2D eigenvalue weighted by atomic mass is 16.2. The first kappa shape index (κ1) is 16.3. The molecule has 5 heteroatoms. The molecule has 0 aliphatic carbocycles. The molecule has 1 aromatic heterocycles. The van der Waals surface area contributed by atoms with Crippen LogP contribution < -0.4 is 15.5 Å². The van der Waals surface area contributed by atoms with Crippen molar-refractivity contribution in [3.63, 3.8) is 0 Å². The molecule has 20 heavy (non-hydrogen) atoms. The van der Waals surface area contributed by atoms with E-state index >= 15 is 0 Å². The molecular weight excluding hydrogens is 252 g/mol. The minimum Gasteiger partial charge on any atom is -0.357 e. The van der Waals surface area contributed by atoms with Gasteiger partial charge in [0.2, 0.25) is 0 Å². The molecule has 0 saturated heterocycles. The van der Waals surface area contributed by atoms with Crippen molar-refractivity contribution < 1.29 is 4.79 Å². The zero-order valence-electron chi connectivity index (χ0n) is 12.9. The molecule has 1 atom stereocenters. The maximum Gasteiger partial charge on any atom is 0.315 e. The predicted molar refractivity (Wildman–Crippen MR) is 82.9 cm³/mol. The molecule has 0 bridgehead atoms. The third-order valence-electron chi connectivity index (χ3n) is 3.34. The van der Waals surface area contributed by atoms with Crippen LogP contribution >= 0.6 is 0 Å². The summed E-state index contributed by atoms with van der Waals surface area (Å²) in [6.07, 6.45) is 2.74. The number of pyridine rings is 1. The molecule has 112 valence electrons. The van der Waals surface area contributed by atoms with Gasteiger partial charge in [0.25, 0.3) is 0 Å². The van der Waals surface area contributed by atoms with E-state index < -0.39 is 0 Å². The summed E-state index contributed by atoms with van der Waals surface area (Å²) >= 11 is 0. The van der Waals surface area contributed by atoms with Gasteiger partial charge in [0.15, 0.2) is 0 Å². The monoisotopic (exact) mass is 278 g/mol. The standard InChI is InChI=1S/C15H26N4O/c1-5-12(4)18-15(20)17-11-13-8-9-14(16-10-13)19(6-2)7-3/h8-10,12H,5-7,11H2,1-4H3,(H2,17,18,20). The Bertz CT molecular complexity index is 401. The van der Waals surface area contributed by atoms with Crippen molar-refractivity contribution in [2.24, 2.45) is 0 Å². The Kier molecular flexibility index (Phi) is 6.84. The first-order chi connectivity index (χ1) is 9.60. The van der Waals surface area contributed by atoms with Crippen molar-refractivity contribution in [2.75, 3.05) is 18.0 Å². The van der Waals surface area contributed by atoms with Gasteiger partial charge >= 0.3 is 6.03 Å². The number of anilines is 1. The summed E-state index contributed by atoms with van der Waals surface area (Å²) < 4.78 is 0. The summed E-state index contributed by atoms with van der Waals surface area (Å²) in [6, 6.07) is 4.06. The third kappa shape index (κ3) is 5.07. The Balaban J connectivity index is 2.47. The average Bonchev–Trinajstić information content (AvgIpc) is 2.47. The zero-order chi connectivity index (χ0) is 15.0. The van der Waals surface area contributed by atoms with E-state index in [9.17, 15) is 4.79 Å². The van der Waals surface area contributed by atoms with Crippen LogP contribution in [0.2, 0.25) is 0 Å². The number of nitrogens with one attached hydrogen (secondary N) is 2. The van der Waals surface area contributed by atoms with Gasteiger partial charge in [-0.2, -0.15) is 0 Å². The van der Waals surface area contributed by atoms with E-state index in [1.165, 1.54) is 0 Å². The number of amides is 2. The van der Waals surface area contributed by atoms with Crippen LogP contribution in [0, 0.1) is 0 Å². The minimum absolute atomic E-state index is 0.132. The van der Waals surface area contributed by atoms with Gasteiger partial charge in [0.05, 0.1) is 0 Å². The highest BCUT2D eigenvalue weighted by Gasteiger charge is 2.06. The smallest absolute Gasteiger partial charge is 0.315 e. The summed E-state index contributed by atoms with van der Waals surface area (Å²) in [6.45, 7) is 10.6. The fourth-order valence-corrected chi connectivity index (χ4v) is 1.82. The van der Waals surface area contributed by atoms with Crippen LogP contribution in [0.15, 0.2) is 18.3 Å². The van der Waals surface area contributed by atoms with Crippen molar-refractivity contribution >= 4 is 11.8 Å². The van der Waals surface area contributed by atoms with E-state index in [-0.39, 0.29) is 12.1 Å². The van der Waals surface area contributed by atoms with Crippen LogP contribution in [-0.4, -0.2) is 30.1 Å². The highest BCUT2D eigenvalue weighted by Crippen LogP contribution is 2.10. The lowest BCUT2D eigenvalue weighted by Gasteiger charge is -2.19. The number of aromatic nitrogens is 1. The highest BCUT2D eigenvalue weighted by molar-refractivity contribution is 5.74. The summed E-state index contributed by atoms with van der Waals surface area (Å²) in [4.78, 5) is 18.2. The molecule has 1 aromatic rings. The number of carbonyl (C=O) groups is 1. The Hall–Kier alpha value is -1.78. The summed E-state index contributed by atoms with van der Waals surface area (Å²) in [5.41, 5.74) is 1.00. The second-order valence-electron chi connectivity index (χ2n) is 4.83. The molecule has 2 amide bonds. The van der Waals surface area contributed by atoms with Crippen molar-refractivity contribution in [3.05, 3.63) is 23.9 Å². The fraction of sp³-hybridized carbons (Fsp3) is 0.600. The lowest BCUT2D eigenvalue weighted by Crippen LogP contribution is -2.40. The van der Waals surface area contributed by atoms with Gasteiger partial charge in [-0.15, -0.1) is 0 Å². The quantitative estimate of drug-likeness (QED) is 0.806. The number of carbonyl (C=O) groups excluding carboxylic acids is 1. The molecule has 0 spiro atoms. The first-order valence-electron chi connectivity index (χ1n) is 7.34. The Labute approximate surface area is 121 Å². The number of hydrogen-bond donors (Lipinski definition) is 2. The number of urea groups is 1. The normalized spacial score (nSPS) is 11.8. The van der Waals surface area contributed by atoms with E-state index in [4.69, 9.17) is 0 Å². The lowest BCUT2D eigenvalue weighted by molar-refractivity contribution is 0.237. The van der Waals surface area contributed by atoms with Crippen molar-refractivity contribution in [3.8, 4) is 0 Å². The Morgan fingerprint density at radius 1 is 1.30 bits per heavy atom. The molecule has 0 aliphatic heterocycles. The second-order valence-corrected chi connectivity index (χ2v) is 4.83. The first-order valence-corrected chi connectivity index (χ1v) is 7.34. The number of rotatable bonds is 7. The van der Waals surface area contributed by atoms with Crippen molar-refractivity contribution in [1.82, 2.24) is 15.6 Å². The van der Waals surface area contributed by atoms with Gasteiger partial charge in [-0.1, -0.05) is 13.0 Å². The van der Waals surface area contributed by atoms with E-state index in [2.05, 4.69) is 34.4 Å². The molecule has 5 nitrogen and oxygen atoms in total. The number of hydrogen-bond acceptors (Lipinski definition) is 3. The van der Waals surface area contributed by atoms with Gasteiger partial charge in [-0.05, 0) is 38.8 Å². The van der Waals surface area contributed by atoms with Crippen LogP contribution in [0.1, 0.15) is 39.7 Å². The topological polar surface area (TPSA) is 57.3 Å². The molecule has 0 radical (unpaired) electrons. The van der Waals surface area contributed by atoms with E-state index in [0.717, 1.165) is 30.9 Å². The summed E-state index contributed by atoms with van der Waals surface area (Å²) in [5, 5.41) is 5.71. The Morgan fingerprint density at radius 3 is 2.50 bits per heavy atom. The van der Waals surface area contributed by atoms with Gasteiger partial charge in [-0.3, -0.25) is 0 Å². The molecule has 0 fully saturated rings. The second kappa shape index (κ2) is 8.40. The zero-order valence-corrected chi connectivity index (χ0v) is 12.9. The van der Waals surface area contributed by atoms with Gasteiger partial charge < -0.3 is 15.5 Å². The van der Waals surface area contributed by atoms with Crippen LogP contribution in [0.25, 0.3) is 0 Å². The molecular formula is C15H26N4O. The van der Waals surface area contributed by atoms with Crippen LogP contribution in [0.3, 0.4) is 0 Å². The molecule has 1 heterocycles. The minimum atomic E-state index is -0.132. The SMILES string of the molecule is CCC(C)NC(=O)NCc1ccc(N(CC)CC)nc1. The van der Waals surface area contributed by atoms with E-state index in [0.29, 0.717) is 6.54 Å². The lowest BCUT2D eigenvalue weighted by atomic mass is 10.2. The third-order valence-corrected chi connectivity index (χ3v) is 3.34. The maximum atomic E-state index is 11.6. The maximum absolute atomic E-state index is 11.6. The average molecular weight is 278 g/mol. The van der Waals surface area contributed by atoms with E-state index in [1.54, 1.807) is 0 Å². The van der Waals surface area contributed by atoms with Gasteiger partial charge in [0.1, 0.15) is 5.82 Å². The molecule has 1 rings (SSSR count). The van der Waals surface area contributed by atoms with E-state index in [1.807, 2.05) is 32.2 Å². The Morgan fingerprint density at radius 2 is 2.00 bits per heavy atom. The molecule has 0 aliphatic rings. The largest absolute Gasteiger partial charge is 0.357 e. The van der Waals surface area contributed by atoms with Crippen LogP contribution in [-0.2, 0) is 6.54 Å². The van der Waals surface area contributed by atoms with Gasteiger partial charge in [-0.25, -0.2) is 9.78 Å². The van der Waals surface area contributed by atoms with Gasteiger partial charge in [0, 0.05) is 31.9 Å². The molecule has 0 saturated carbocycles. The van der Waals surface area contributed by atoms with Crippen LogP contribution in [0.5, 0.6) is 0 Å². The fourth-order valence-electron chi connectivity index (χ4n) is 1.82. The summed E-state index contributed by atoms with van der Waals surface area (Å²) in [7, 11) is 0. The van der Waals surface area contributed by atoms with Crippen LogP contribution in [0.4, 0.5) is 10.6 Å².